The fourth-order valence-corrected chi connectivity index (χ4v) is 4.61. The van der Waals surface area contributed by atoms with E-state index in [1.807, 2.05) is 0 Å². The van der Waals surface area contributed by atoms with Crippen LogP contribution in [0.4, 0.5) is 5.82 Å². The van der Waals surface area contributed by atoms with Crippen molar-refractivity contribution in [3.63, 3.8) is 0 Å². The normalized spacial score (nSPS) is 19.2. The van der Waals surface area contributed by atoms with Crippen molar-refractivity contribution in [2.45, 2.75) is 51.4 Å². The lowest BCUT2D eigenvalue weighted by Gasteiger charge is -2.30. The van der Waals surface area contributed by atoms with Crippen LogP contribution >= 0.6 is 11.6 Å². The monoisotopic (exact) mass is 425 g/mol. The highest BCUT2D eigenvalue weighted by molar-refractivity contribution is 6.33. The van der Waals surface area contributed by atoms with Gasteiger partial charge in [0.15, 0.2) is 0 Å². The second-order valence-electron chi connectivity index (χ2n) is 8.51. The molecule has 1 N–H and O–H groups in total. The highest BCUT2D eigenvalue weighted by atomic mass is 35.5. The third-order valence-corrected chi connectivity index (χ3v) is 6.64. The third kappa shape index (κ3) is 5.08. The first-order chi connectivity index (χ1) is 14.7. The number of rotatable bonds is 6. The van der Waals surface area contributed by atoms with Crippen molar-refractivity contribution in [1.29, 1.82) is 5.26 Å². The largest absolute Gasteiger partial charge is 0.381 e. The summed E-state index contributed by atoms with van der Waals surface area (Å²) in [5.74, 6) is 1.36. The number of ether oxygens (including phenoxy) is 1. The molecule has 4 rings (SSSR count). The van der Waals surface area contributed by atoms with E-state index in [1.165, 1.54) is 32.1 Å². The van der Waals surface area contributed by atoms with Gasteiger partial charge >= 0.3 is 0 Å². The Kier molecular flexibility index (Phi) is 6.81. The molecule has 1 saturated heterocycles. The fourth-order valence-electron chi connectivity index (χ4n) is 4.41. The molecule has 7 heteroatoms. The predicted octanol–water partition coefficient (Wildman–Crippen LogP) is 5.05. The number of nitrogens with one attached hydrogen (secondary N) is 1. The fraction of sp³-hybridized carbons (Fsp3) is 0.565. The average molecular weight is 426 g/mol. The van der Waals surface area contributed by atoms with E-state index in [0.29, 0.717) is 36.5 Å². The number of anilines is 1. The zero-order valence-corrected chi connectivity index (χ0v) is 18.0. The summed E-state index contributed by atoms with van der Waals surface area (Å²) in [5.41, 5.74) is 2.22. The standard InChI is InChI=1S/C23H28ClN5O/c24-20-12-27-18(10-17-4-2-1-3-5-17)11-19(20)21-13-26-14-22(29-21)28-16-23(15-25)6-8-30-9-7-23/h11-14,17H,1-10,16H2,(H,28,29). The van der Waals surface area contributed by atoms with Crippen molar-refractivity contribution in [3.05, 3.63) is 35.4 Å². The first-order valence-electron chi connectivity index (χ1n) is 10.9. The van der Waals surface area contributed by atoms with E-state index in [4.69, 9.17) is 21.3 Å². The highest BCUT2D eigenvalue weighted by Crippen LogP contribution is 2.32. The zero-order valence-electron chi connectivity index (χ0n) is 17.2. The Balaban J connectivity index is 1.49. The van der Waals surface area contributed by atoms with Gasteiger partial charge in [-0.25, -0.2) is 4.98 Å². The van der Waals surface area contributed by atoms with Crippen LogP contribution in [-0.4, -0.2) is 34.7 Å². The smallest absolute Gasteiger partial charge is 0.145 e. The van der Waals surface area contributed by atoms with Gasteiger partial charge in [-0.3, -0.25) is 9.97 Å². The highest BCUT2D eigenvalue weighted by Gasteiger charge is 2.32. The van der Waals surface area contributed by atoms with Gasteiger partial charge in [-0.2, -0.15) is 5.26 Å². The van der Waals surface area contributed by atoms with Gasteiger partial charge in [-0.15, -0.1) is 0 Å². The molecule has 0 unspecified atom stereocenters. The number of hydrogen-bond acceptors (Lipinski definition) is 6. The quantitative estimate of drug-likeness (QED) is 0.697. The van der Waals surface area contributed by atoms with Gasteiger partial charge in [0, 0.05) is 37.2 Å². The van der Waals surface area contributed by atoms with Crippen LogP contribution in [0.5, 0.6) is 0 Å². The Morgan fingerprint density at radius 2 is 1.97 bits per heavy atom. The molecular weight excluding hydrogens is 398 g/mol. The van der Waals surface area contributed by atoms with Crippen LogP contribution in [0.25, 0.3) is 11.3 Å². The molecular formula is C23H28ClN5O. The van der Waals surface area contributed by atoms with Crippen molar-refractivity contribution in [2.24, 2.45) is 11.3 Å². The molecule has 1 saturated carbocycles. The Morgan fingerprint density at radius 1 is 1.17 bits per heavy atom. The molecule has 1 aliphatic heterocycles. The maximum atomic E-state index is 9.65. The number of halogens is 1. The number of hydrogen-bond donors (Lipinski definition) is 1. The Hall–Kier alpha value is -2.23. The number of nitriles is 1. The zero-order chi connectivity index (χ0) is 20.8. The molecule has 0 amide bonds. The maximum Gasteiger partial charge on any atom is 0.145 e. The summed E-state index contributed by atoms with van der Waals surface area (Å²) in [6, 6.07) is 4.52. The summed E-state index contributed by atoms with van der Waals surface area (Å²) in [5, 5.41) is 13.5. The first-order valence-corrected chi connectivity index (χ1v) is 11.2. The summed E-state index contributed by atoms with van der Waals surface area (Å²) >= 11 is 6.46. The molecule has 0 aromatic carbocycles. The molecule has 0 bridgehead atoms. The molecule has 1 aliphatic carbocycles. The van der Waals surface area contributed by atoms with Crippen LogP contribution < -0.4 is 5.32 Å². The van der Waals surface area contributed by atoms with Gasteiger partial charge in [-0.05, 0) is 31.2 Å². The molecule has 0 radical (unpaired) electrons. The van der Waals surface area contributed by atoms with Crippen molar-refractivity contribution in [2.75, 3.05) is 25.1 Å². The second kappa shape index (κ2) is 9.72. The summed E-state index contributed by atoms with van der Waals surface area (Å²) in [7, 11) is 0. The van der Waals surface area contributed by atoms with Crippen molar-refractivity contribution in [3.8, 4) is 17.3 Å². The van der Waals surface area contributed by atoms with Crippen LogP contribution in [0.1, 0.15) is 50.6 Å². The number of pyridine rings is 1. The van der Waals surface area contributed by atoms with Crippen LogP contribution in [0.3, 0.4) is 0 Å². The Morgan fingerprint density at radius 3 is 2.73 bits per heavy atom. The SMILES string of the molecule is N#CC1(CNc2cncc(-c3cc(CC4CCCCC4)ncc3Cl)n2)CCOCC1. The summed E-state index contributed by atoms with van der Waals surface area (Å²) in [6.45, 7) is 1.77. The predicted molar refractivity (Wildman–Crippen MR) is 117 cm³/mol. The van der Waals surface area contributed by atoms with Crippen LogP contribution in [0, 0.1) is 22.7 Å². The summed E-state index contributed by atoms with van der Waals surface area (Å²) in [6.07, 6.45) is 14.1. The van der Waals surface area contributed by atoms with E-state index in [1.54, 1.807) is 18.6 Å². The molecule has 2 fully saturated rings. The van der Waals surface area contributed by atoms with E-state index >= 15 is 0 Å². The average Bonchev–Trinajstić information content (AvgIpc) is 2.80. The molecule has 2 aromatic rings. The van der Waals surface area contributed by atoms with Gasteiger partial charge in [-0.1, -0.05) is 43.7 Å². The van der Waals surface area contributed by atoms with Gasteiger partial charge in [0.1, 0.15) is 5.82 Å². The third-order valence-electron chi connectivity index (χ3n) is 6.34. The first kappa shape index (κ1) is 21.0. The molecule has 6 nitrogen and oxygen atoms in total. The van der Waals surface area contributed by atoms with E-state index < -0.39 is 5.41 Å². The molecule has 2 aliphatic rings. The summed E-state index contributed by atoms with van der Waals surface area (Å²) < 4.78 is 5.41. The lowest BCUT2D eigenvalue weighted by molar-refractivity contribution is 0.0455. The number of aromatic nitrogens is 3. The topological polar surface area (TPSA) is 83.7 Å². The van der Waals surface area contributed by atoms with E-state index in [2.05, 4.69) is 27.4 Å². The van der Waals surface area contributed by atoms with Crippen molar-refractivity contribution in [1.82, 2.24) is 15.0 Å². The maximum absolute atomic E-state index is 9.65. The van der Waals surface area contributed by atoms with Crippen LogP contribution in [0.15, 0.2) is 24.7 Å². The van der Waals surface area contributed by atoms with Crippen LogP contribution in [0.2, 0.25) is 5.02 Å². The van der Waals surface area contributed by atoms with Crippen LogP contribution in [-0.2, 0) is 11.2 Å². The Labute approximate surface area is 183 Å². The Bertz CT molecular complexity index is 901. The van der Waals surface area contributed by atoms with Crippen molar-refractivity contribution >= 4 is 17.4 Å². The lowest BCUT2D eigenvalue weighted by Crippen LogP contribution is -2.34. The minimum absolute atomic E-state index is 0.419. The van der Waals surface area contributed by atoms with E-state index in [9.17, 15) is 5.26 Å². The van der Waals surface area contributed by atoms with Gasteiger partial charge in [0.05, 0.1) is 34.6 Å². The van der Waals surface area contributed by atoms with Gasteiger partial charge < -0.3 is 10.1 Å². The minimum atomic E-state index is -0.419. The van der Waals surface area contributed by atoms with E-state index in [-0.39, 0.29) is 0 Å². The van der Waals surface area contributed by atoms with Gasteiger partial charge in [0.2, 0.25) is 0 Å². The molecule has 30 heavy (non-hydrogen) atoms. The van der Waals surface area contributed by atoms with Gasteiger partial charge in [0.25, 0.3) is 0 Å². The minimum Gasteiger partial charge on any atom is -0.381 e. The van der Waals surface area contributed by atoms with E-state index in [0.717, 1.165) is 36.2 Å². The second-order valence-corrected chi connectivity index (χ2v) is 8.92. The summed E-state index contributed by atoms with van der Waals surface area (Å²) in [4.78, 5) is 13.6. The molecule has 3 heterocycles. The molecule has 0 atom stereocenters. The molecule has 2 aromatic heterocycles. The van der Waals surface area contributed by atoms with Crippen molar-refractivity contribution < 1.29 is 4.74 Å². The molecule has 158 valence electrons. The number of nitrogens with zero attached hydrogens (tertiary/aromatic N) is 4. The molecule has 0 spiro atoms. The lowest BCUT2D eigenvalue weighted by atomic mass is 9.82.